The minimum Gasteiger partial charge on any atom is -0.466 e. The van der Waals surface area contributed by atoms with Crippen molar-refractivity contribution in [3.8, 4) is 0 Å². The summed E-state index contributed by atoms with van der Waals surface area (Å²) in [6, 6.07) is 0. The van der Waals surface area contributed by atoms with Crippen molar-refractivity contribution in [3.63, 3.8) is 0 Å². The maximum absolute atomic E-state index is 12.0. The molecule has 0 heterocycles. The number of esters is 2. The Morgan fingerprint density at radius 1 is 0.312 bits per heavy atom. The molecule has 0 saturated carbocycles. The minimum absolute atomic E-state index is 0.0449. The second-order valence-corrected chi connectivity index (χ2v) is 28.1. The Morgan fingerprint density at radius 3 is 0.938 bits per heavy atom. The van der Waals surface area contributed by atoms with Gasteiger partial charge in [-0.1, -0.05) is 270 Å². The topological polar surface area (TPSA) is 59.1 Å². The van der Waals surface area contributed by atoms with E-state index in [0.29, 0.717) is 26.1 Å². The predicted molar refractivity (Wildman–Crippen MR) is 429 cm³/mol. The van der Waals surface area contributed by atoms with Gasteiger partial charge in [-0.2, -0.15) is 0 Å². The van der Waals surface area contributed by atoms with E-state index in [2.05, 4.69) is 174 Å². The Hall–Kier alpha value is -4.00. The van der Waals surface area contributed by atoms with Crippen LogP contribution < -0.4 is 0 Å². The number of hydrogen-bond acceptors (Lipinski definition) is 6. The normalized spacial score (nSPS) is 12.9. The number of hydrogen-bond donors (Lipinski definition) is 0. The van der Waals surface area contributed by atoms with Crippen LogP contribution in [-0.4, -0.2) is 76.2 Å². The van der Waals surface area contributed by atoms with E-state index >= 15 is 0 Å². The summed E-state index contributed by atoms with van der Waals surface area (Å²) in [6.07, 6.45) is 111. The summed E-state index contributed by atoms with van der Waals surface area (Å²) in [5.74, 6) is 1.49. The molecule has 2 atom stereocenters. The van der Waals surface area contributed by atoms with Gasteiger partial charge in [0, 0.05) is 12.8 Å². The molecule has 0 spiro atoms. The van der Waals surface area contributed by atoms with Crippen LogP contribution in [0.3, 0.4) is 0 Å². The SMILES string of the molecule is C=CC/C=C\CCCCC(=O)OCCCC/C=C\C/C=C\CCCCCCCCC(/C=C\CCCN(C)C)CCCCCCCC/C=C\C/C=C\CCCCC(=O)OCCCC/C=C\C/C=C\C.C=CCCCCCCCCC(/C=C\CCCN(C)C)CCCCCCCCC. The molecule has 2 unspecified atom stereocenters. The average molecular weight is 1330 g/mol. The zero-order valence-corrected chi connectivity index (χ0v) is 64.7. The Balaban J connectivity index is 0. The van der Waals surface area contributed by atoms with Gasteiger partial charge < -0.3 is 19.3 Å². The van der Waals surface area contributed by atoms with Crippen molar-refractivity contribution in [3.05, 3.63) is 135 Å². The Labute approximate surface area is 599 Å². The first-order chi connectivity index (χ1) is 47.2. The summed E-state index contributed by atoms with van der Waals surface area (Å²) >= 11 is 0. The smallest absolute Gasteiger partial charge is 0.305 e. The molecule has 0 aromatic rings. The molecule has 0 aliphatic rings. The van der Waals surface area contributed by atoms with Crippen LogP contribution in [0.2, 0.25) is 0 Å². The van der Waals surface area contributed by atoms with Crippen molar-refractivity contribution in [1.29, 1.82) is 0 Å². The number of carbonyl (C=O) groups is 2. The summed E-state index contributed by atoms with van der Waals surface area (Å²) in [6.45, 7) is 15.3. The number of nitrogens with zero attached hydrogens (tertiary/aromatic N) is 2. The zero-order valence-electron chi connectivity index (χ0n) is 64.7. The van der Waals surface area contributed by atoms with E-state index in [-0.39, 0.29) is 11.9 Å². The molecular weight excluding hydrogens is 1170 g/mol. The summed E-state index contributed by atoms with van der Waals surface area (Å²) in [5, 5.41) is 0. The molecular formula is C90H160N2O4. The third-order valence-corrected chi connectivity index (χ3v) is 18.0. The lowest BCUT2D eigenvalue weighted by Crippen LogP contribution is -2.12. The van der Waals surface area contributed by atoms with Gasteiger partial charge in [0.25, 0.3) is 0 Å². The third kappa shape index (κ3) is 84.2. The Morgan fingerprint density at radius 2 is 0.604 bits per heavy atom. The standard InChI is InChI=1S/C63H107NO4.C27H53N/c1-5-7-9-11-13-36-42-51-59-67-63(66)57-49-41-35-30-26-22-18-14-16-20-24-28-33-38-45-53-61(55-47-44-50-58-64(3)4)54-46-39-34-29-25-21-17-15-19-23-27-31-37-43-52-60-68-62(65)56-48-40-32-12-10-8-6-2;1-5-7-9-11-13-15-17-20-24-27(25-21-18-22-26-28(3)4)23-19-16-14-12-10-8-6-2/h5-7,10-15,18-19,26-27,30-31,47,55,61H,2,8-9,16-17,20-25,28-29,32-46,48-54,56-60H2,1,3-4H3;5,21,25,27H,1,6-20,22-24,26H2,2-4H3/b7-5-,12-10-,13-11-,18-14-,19-15-,30-26-,31-27-,55-47-;25-21-. The van der Waals surface area contributed by atoms with Crippen LogP contribution in [0.15, 0.2) is 135 Å². The van der Waals surface area contributed by atoms with Crippen LogP contribution >= 0.6 is 0 Å². The van der Waals surface area contributed by atoms with Gasteiger partial charge in [0.15, 0.2) is 0 Å². The highest BCUT2D eigenvalue weighted by molar-refractivity contribution is 5.69. The van der Waals surface area contributed by atoms with E-state index < -0.39 is 0 Å². The van der Waals surface area contributed by atoms with Gasteiger partial charge in [0.2, 0.25) is 0 Å². The van der Waals surface area contributed by atoms with Gasteiger partial charge in [-0.25, -0.2) is 0 Å². The van der Waals surface area contributed by atoms with Crippen molar-refractivity contribution in [2.75, 3.05) is 54.5 Å². The van der Waals surface area contributed by atoms with Gasteiger partial charge in [-0.3, -0.25) is 9.59 Å². The fraction of sp³-hybridized carbons (Fsp3) is 0.733. The van der Waals surface area contributed by atoms with Crippen molar-refractivity contribution in [2.45, 2.75) is 361 Å². The van der Waals surface area contributed by atoms with Crippen LogP contribution in [-0.2, 0) is 19.1 Å². The monoisotopic (exact) mass is 1330 g/mol. The van der Waals surface area contributed by atoms with E-state index in [1.54, 1.807) is 0 Å². The van der Waals surface area contributed by atoms with Crippen LogP contribution in [0.25, 0.3) is 0 Å². The quantitative estimate of drug-likeness (QED) is 0.0344. The average Bonchev–Trinajstić information content (AvgIpc) is 3.76. The largest absolute Gasteiger partial charge is 0.466 e. The second-order valence-electron chi connectivity index (χ2n) is 28.1. The van der Waals surface area contributed by atoms with E-state index in [9.17, 15) is 9.59 Å². The number of rotatable bonds is 73. The molecule has 0 saturated heterocycles. The lowest BCUT2D eigenvalue weighted by atomic mass is 9.93. The molecule has 6 heteroatoms. The molecule has 554 valence electrons. The third-order valence-electron chi connectivity index (χ3n) is 18.0. The molecule has 0 radical (unpaired) electrons. The highest BCUT2D eigenvalue weighted by Crippen LogP contribution is 2.24. The van der Waals surface area contributed by atoms with Gasteiger partial charge >= 0.3 is 11.9 Å². The Kier molecular flexibility index (Phi) is 81.7. The molecule has 0 aliphatic carbocycles. The molecule has 0 N–H and O–H groups in total. The maximum Gasteiger partial charge on any atom is 0.305 e. The van der Waals surface area contributed by atoms with E-state index in [1.165, 1.54) is 244 Å². The maximum atomic E-state index is 12.0. The fourth-order valence-electron chi connectivity index (χ4n) is 11.9. The second kappa shape index (κ2) is 83.4. The van der Waals surface area contributed by atoms with Gasteiger partial charge in [0.1, 0.15) is 0 Å². The molecule has 0 rings (SSSR count). The molecule has 0 aromatic carbocycles. The number of unbranched alkanes of at least 4 members (excludes halogenated alkanes) is 34. The summed E-state index contributed by atoms with van der Waals surface area (Å²) in [5.41, 5.74) is 0. The molecule has 96 heavy (non-hydrogen) atoms. The summed E-state index contributed by atoms with van der Waals surface area (Å²) in [7, 11) is 8.69. The lowest BCUT2D eigenvalue weighted by molar-refractivity contribution is -0.144. The first-order valence-corrected chi connectivity index (χ1v) is 40.9. The van der Waals surface area contributed by atoms with E-state index in [1.807, 2.05) is 13.0 Å². The predicted octanol–water partition coefficient (Wildman–Crippen LogP) is 27.9. The van der Waals surface area contributed by atoms with E-state index in [4.69, 9.17) is 9.47 Å². The minimum atomic E-state index is -0.0531. The summed E-state index contributed by atoms with van der Waals surface area (Å²) < 4.78 is 10.8. The number of carbonyl (C=O) groups excluding carboxylic acids is 2. The molecule has 0 aliphatic heterocycles. The van der Waals surface area contributed by atoms with Crippen LogP contribution in [0.1, 0.15) is 361 Å². The van der Waals surface area contributed by atoms with Crippen LogP contribution in [0.5, 0.6) is 0 Å². The molecule has 0 aromatic heterocycles. The molecule has 0 bridgehead atoms. The van der Waals surface area contributed by atoms with Crippen molar-refractivity contribution >= 4 is 11.9 Å². The van der Waals surface area contributed by atoms with Crippen molar-refractivity contribution in [2.24, 2.45) is 11.8 Å². The van der Waals surface area contributed by atoms with Crippen LogP contribution in [0.4, 0.5) is 0 Å². The van der Waals surface area contributed by atoms with Gasteiger partial charge in [-0.05, 0) is 253 Å². The fourth-order valence-corrected chi connectivity index (χ4v) is 11.9. The van der Waals surface area contributed by atoms with Crippen molar-refractivity contribution < 1.29 is 19.1 Å². The van der Waals surface area contributed by atoms with Gasteiger partial charge in [-0.15, -0.1) is 13.2 Å². The number of ether oxygens (including phenoxy) is 2. The summed E-state index contributed by atoms with van der Waals surface area (Å²) in [4.78, 5) is 28.4. The highest BCUT2D eigenvalue weighted by Gasteiger charge is 2.08. The van der Waals surface area contributed by atoms with E-state index in [0.717, 1.165) is 115 Å². The number of allylic oxidation sites excluding steroid dienone is 20. The first-order valence-electron chi connectivity index (χ1n) is 40.9. The molecule has 0 amide bonds. The first kappa shape index (κ1) is 94.1. The Bertz CT molecular complexity index is 1900. The van der Waals surface area contributed by atoms with Crippen molar-refractivity contribution in [1.82, 2.24) is 9.80 Å². The zero-order chi connectivity index (χ0) is 70.0. The highest BCUT2D eigenvalue weighted by atomic mass is 16.5. The lowest BCUT2D eigenvalue weighted by Gasteiger charge is -2.13. The molecule has 6 nitrogen and oxygen atoms in total. The van der Waals surface area contributed by atoms with Crippen LogP contribution in [0, 0.1) is 11.8 Å². The van der Waals surface area contributed by atoms with Gasteiger partial charge in [0.05, 0.1) is 13.2 Å². The molecule has 0 fully saturated rings.